The van der Waals surface area contributed by atoms with Gasteiger partial charge in [0.15, 0.2) is 0 Å². The Morgan fingerprint density at radius 1 is 1.00 bits per heavy atom. The number of carbonyl (C=O) groups excluding carboxylic acids is 1. The highest BCUT2D eigenvalue weighted by Crippen LogP contribution is 2.08. The van der Waals surface area contributed by atoms with Crippen molar-refractivity contribution in [3.63, 3.8) is 0 Å². The van der Waals surface area contributed by atoms with Gasteiger partial charge in [-0.2, -0.15) is 0 Å². The predicted octanol–water partition coefficient (Wildman–Crippen LogP) is 3.33. The molecule has 0 heterocycles. The Morgan fingerprint density at radius 2 is 1.65 bits per heavy atom. The van der Waals surface area contributed by atoms with E-state index in [1.165, 1.54) is 12.1 Å². The van der Waals surface area contributed by atoms with Crippen molar-refractivity contribution in [1.82, 2.24) is 5.32 Å². The second kappa shape index (κ2) is 6.65. The maximum atomic E-state index is 13.0. The van der Waals surface area contributed by atoms with Crippen LogP contribution >= 0.6 is 0 Å². The number of carbonyl (C=O) groups is 1. The maximum Gasteiger partial charge on any atom is 0.319 e. The quantitative estimate of drug-likeness (QED) is 0.883. The first-order valence-electron chi connectivity index (χ1n) is 6.18. The van der Waals surface area contributed by atoms with Gasteiger partial charge in [0, 0.05) is 18.3 Å². The molecule has 20 heavy (non-hydrogen) atoms. The third-order valence-corrected chi connectivity index (χ3v) is 2.65. The molecule has 0 spiro atoms. The standard InChI is InChI=1S/C15H14F2N2O/c16-12-8-11(9-13(17)10-12)6-7-18-15(20)19-14-4-2-1-3-5-14/h1-5,8-10H,6-7H2,(H2,18,19,20). The van der Waals surface area contributed by atoms with E-state index < -0.39 is 11.6 Å². The van der Waals surface area contributed by atoms with Crippen LogP contribution in [-0.4, -0.2) is 12.6 Å². The van der Waals surface area contributed by atoms with E-state index in [-0.39, 0.29) is 6.03 Å². The van der Waals surface area contributed by atoms with Gasteiger partial charge < -0.3 is 10.6 Å². The van der Waals surface area contributed by atoms with Gasteiger partial charge in [-0.25, -0.2) is 13.6 Å². The number of rotatable bonds is 4. The van der Waals surface area contributed by atoms with Crippen LogP contribution in [0, 0.1) is 11.6 Å². The molecule has 0 aromatic heterocycles. The smallest absolute Gasteiger partial charge is 0.319 e. The number of anilines is 1. The monoisotopic (exact) mass is 276 g/mol. The van der Waals surface area contributed by atoms with Gasteiger partial charge in [0.1, 0.15) is 11.6 Å². The van der Waals surface area contributed by atoms with Crippen LogP contribution in [0.25, 0.3) is 0 Å². The van der Waals surface area contributed by atoms with E-state index in [1.54, 1.807) is 12.1 Å². The van der Waals surface area contributed by atoms with Crippen molar-refractivity contribution in [3.05, 3.63) is 65.7 Å². The van der Waals surface area contributed by atoms with Crippen LogP contribution in [0.15, 0.2) is 48.5 Å². The molecular formula is C15H14F2N2O. The minimum absolute atomic E-state index is 0.293. The molecule has 2 N–H and O–H groups in total. The van der Waals surface area contributed by atoms with Crippen LogP contribution < -0.4 is 10.6 Å². The molecule has 0 aliphatic heterocycles. The molecule has 5 heteroatoms. The van der Waals surface area contributed by atoms with Crippen LogP contribution in [0.2, 0.25) is 0 Å². The maximum absolute atomic E-state index is 13.0. The van der Waals surface area contributed by atoms with Gasteiger partial charge >= 0.3 is 6.03 Å². The molecule has 0 saturated heterocycles. The number of hydrogen-bond acceptors (Lipinski definition) is 1. The zero-order valence-electron chi connectivity index (χ0n) is 10.7. The fourth-order valence-electron chi connectivity index (χ4n) is 1.77. The summed E-state index contributed by atoms with van der Waals surface area (Å²) in [6.07, 6.45) is 0.358. The van der Waals surface area contributed by atoms with Gasteiger partial charge in [-0.05, 0) is 36.2 Å². The Hall–Kier alpha value is -2.43. The Bertz CT molecular complexity index is 567. The molecule has 104 valence electrons. The molecule has 2 aromatic carbocycles. The van der Waals surface area contributed by atoms with E-state index >= 15 is 0 Å². The molecule has 0 unspecified atom stereocenters. The summed E-state index contributed by atoms with van der Waals surface area (Å²) in [5.74, 6) is -1.23. The van der Waals surface area contributed by atoms with Crippen molar-refractivity contribution in [3.8, 4) is 0 Å². The first-order valence-corrected chi connectivity index (χ1v) is 6.18. The minimum atomic E-state index is -0.617. The topological polar surface area (TPSA) is 41.1 Å². The minimum Gasteiger partial charge on any atom is -0.338 e. The Labute approximate surface area is 115 Å². The van der Waals surface area contributed by atoms with Gasteiger partial charge in [0.2, 0.25) is 0 Å². The van der Waals surface area contributed by atoms with Crippen molar-refractivity contribution >= 4 is 11.7 Å². The molecule has 0 aliphatic rings. The molecule has 0 saturated carbocycles. The fourth-order valence-corrected chi connectivity index (χ4v) is 1.77. The normalized spacial score (nSPS) is 10.1. The lowest BCUT2D eigenvalue weighted by molar-refractivity contribution is 0.252. The van der Waals surface area contributed by atoms with E-state index in [0.29, 0.717) is 24.2 Å². The highest BCUT2D eigenvalue weighted by atomic mass is 19.1. The number of para-hydroxylation sites is 1. The van der Waals surface area contributed by atoms with Gasteiger partial charge in [-0.1, -0.05) is 18.2 Å². The molecule has 0 aliphatic carbocycles. The summed E-state index contributed by atoms with van der Waals surface area (Å²) in [6, 6.07) is 12.0. The molecule has 0 fully saturated rings. The number of benzene rings is 2. The molecule has 0 atom stereocenters. The molecule has 2 aromatic rings. The zero-order chi connectivity index (χ0) is 14.4. The van der Waals surface area contributed by atoms with Crippen LogP contribution in [-0.2, 0) is 6.42 Å². The van der Waals surface area contributed by atoms with E-state index in [1.807, 2.05) is 18.2 Å². The number of amides is 2. The summed E-state index contributed by atoms with van der Waals surface area (Å²) < 4.78 is 25.9. The SMILES string of the molecule is O=C(NCCc1cc(F)cc(F)c1)Nc1ccccc1. The number of halogens is 2. The van der Waals surface area contributed by atoms with Crippen molar-refractivity contribution in [2.75, 3.05) is 11.9 Å². The Morgan fingerprint density at radius 3 is 2.30 bits per heavy atom. The summed E-state index contributed by atoms with van der Waals surface area (Å²) in [4.78, 5) is 11.6. The molecule has 2 rings (SSSR count). The summed E-state index contributed by atoms with van der Waals surface area (Å²) >= 11 is 0. The van der Waals surface area contributed by atoms with Crippen LogP contribution in [0.3, 0.4) is 0 Å². The molecule has 2 amide bonds. The van der Waals surface area contributed by atoms with Crippen molar-refractivity contribution in [1.29, 1.82) is 0 Å². The van der Waals surface area contributed by atoms with Gasteiger partial charge in [0.25, 0.3) is 0 Å². The van der Waals surface area contributed by atoms with E-state index in [9.17, 15) is 13.6 Å². The average molecular weight is 276 g/mol. The number of nitrogens with one attached hydrogen (secondary N) is 2. The Kier molecular flexibility index (Phi) is 4.65. The van der Waals surface area contributed by atoms with Gasteiger partial charge in [-0.3, -0.25) is 0 Å². The number of hydrogen-bond donors (Lipinski definition) is 2. The summed E-state index contributed by atoms with van der Waals surface area (Å²) in [6.45, 7) is 0.293. The van der Waals surface area contributed by atoms with Crippen LogP contribution in [0.5, 0.6) is 0 Å². The number of urea groups is 1. The van der Waals surface area contributed by atoms with Crippen molar-refractivity contribution in [2.45, 2.75) is 6.42 Å². The fraction of sp³-hybridized carbons (Fsp3) is 0.133. The zero-order valence-corrected chi connectivity index (χ0v) is 10.7. The first kappa shape index (κ1) is 14.0. The third-order valence-electron chi connectivity index (χ3n) is 2.65. The largest absolute Gasteiger partial charge is 0.338 e. The van der Waals surface area contributed by atoms with Crippen molar-refractivity contribution < 1.29 is 13.6 Å². The average Bonchev–Trinajstić information content (AvgIpc) is 2.38. The second-order valence-electron chi connectivity index (χ2n) is 4.27. The van der Waals surface area contributed by atoms with Crippen LogP contribution in [0.4, 0.5) is 19.3 Å². The summed E-state index contributed by atoms with van der Waals surface area (Å²) in [7, 11) is 0. The second-order valence-corrected chi connectivity index (χ2v) is 4.27. The van der Waals surface area contributed by atoms with Gasteiger partial charge in [-0.15, -0.1) is 0 Å². The lowest BCUT2D eigenvalue weighted by Crippen LogP contribution is -2.30. The third kappa shape index (κ3) is 4.35. The summed E-state index contributed by atoms with van der Waals surface area (Å²) in [5.41, 5.74) is 1.18. The highest BCUT2D eigenvalue weighted by Gasteiger charge is 2.03. The highest BCUT2D eigenvalue weighted by molar-refractivity contribution is 5.89. The van der Waals surface area contributed by atoms with Crippen LogP contribution in [0.1, 0.15) is 5.56 Å². The predicted molar refractivity (Wildman–Crippen MR) is 73.5 cm³/mol. The first-order chi connectivity index (χ1) is 9.63. The Balaban J connectivity index is 1.79. The lowest BCUT2D eigenvalue weighted by atomic mass is 10.1. The summed E-state index contributed by atoms with van der Waals surface area (Å²) in [5, 5.41) is 5.28. The van der Waals surface area contributed by atoms with E-state index in [0.717, 1.165) is 6.07 Å². The van der Waals surface area contributed by atoms with E-state index in [2.05, 4.69) is 10.6 Å². The van der Waals surface area contributed by atoms with Gasteiger partial charge in [0.05, 0.1) is 0 Å². The van der Waals surface area contributed by atoms with E-state index in [4.69, 9.17) is 0 Å². The molecule has 0 bridgehead atoms. The molecule has 0 radical (unpaired) electrons. The lowest BCUT2D eigenvalue weighted by Gasteiger charge is -2.07. The molecular weight excluding hydrogens is 262 g/mol. The van der Waals surface area contributed by atoms with Crippen molar-refractivity contribution in [2.24, 2.45) is 0 Å². The molecule has 3 nitrogen and oxygen atoms in total.